The highest BCUT2D eigenvalue weighted by Crippen LogP contribution is 2.42. The number of amides is 1. The maximum atomic E-state index is 13.7. The summed E-state index contributed by atoms with van der Waals surface area (Å²) in [6.45, 7) is 1.48. The second-order valence-electron chi connectivity index (χ2n) is 9.83. The van der Waals surface area contributed by atoms with E-state index in [0.29, 0.717) is 24.6 Å². The fraction of sp³-hybridized carbons (Fsp3) is 0.400. The maximum absolute atomic E-state index is 13.7. The van der Waals surface area contributed by atoms with E-state index in [2.05, 4.69) is 26.1 Å². The van der Waals surface area contributed by atoms with E-state index in [9.17, 15) is 14.7 Å². The highest BCUT2D eigenvalue weighted by molar-refractivity contribution is 7.22. The van der Waals surface area contributed by atoms with E-state index in [1.807, 2.05) is 42.5 Å². The summed E-state index contributed by atoms with van der Waals surface area (Å²) in [6, 6.07) is 13.6. The van der Waals surface area contributed by atoms with E-state index in [0.717, 1.165) is 38.1 Å². The monoisotopic (exact) mass is 468 g/mol. The zero-order valence-electron chi connectivity index (χ0n) is 19.5. The van der Waals surface area contributed by atoms with Gasteiger partial charge >= 0.3 is 5.97 Å². The number of quaternary nitrogens is 1. The van der Waals surface area contributed by atoms with Crippen molar-refractivity contribution >= 4 is 38.6 Å². The van der Waals surface area contributed by atoms with Crippen molar-refractivity contribution in [2.45, 2.75) is 19.3 Å². The van der Waals surface area contributed by atoms with Gasteiger partial charge in [0, 0.05) is 13.1 Å². The summed E-state index contributed by atoms with van der Waals surface area (Å²) in [6.07, 6.45) is 0.641. The lowest BCUT2D eigenvalue weighted by Crippen LogP contribution is -2.44. The Morgan fingerprint density at radius 3 is 2.42 bits per heavy atom. The van der Waals surface area contributed by atoms with Gasteiger partial charge in [-0.1, -0.05) is 35.6 Å². The summed E-state index contributed by atoms with van der Waals surface area (Å²) in [5, 5.41) is 10.1. The molecule has 0 spiro atoms. The first-order chi connectivity index (χ1) is 15.6. The number of hydrogen-bond acceptors (Lipinski definition) is 5. The van der Waals surface area contributed by atoms with Gasteiger partial charge in [-0.3, -0.25) is 14.5 Å². The number of likely N-dealkylation sites (N-methyl/N-ethyl adjacent to an activating group) is 1. The molecule has 1 N–H and O–H groups in total. The van der Waals surface area contributed by atoms with Gasteiger partial charge < -0.3 is 14.3 Å². The molecule has 1 aromatic heterocycles. The Morgan fingerprint density at radius 2 is 1.82 bits per heavy atom. The van der Waals surface area contributed by atoms with Crippen LogP contribution in [0.5, 0.6) is 5.75 Å². The Balaban J connectivity index is 1.56. The van der Waals surface area contributed by atoms with E-state index in [4.69, 9.17) is 4.74 Å². The van der Waals surface area contributed by atoms with Crippen LogP contribution in [0.4, 0.5) is 5.13 Å². The number of carbonyl (C=O) groups is 2. The molecule has 0 bridgehead atoms. The fourth-order valence-corrected chi connectivity index (χ4v) is 5.25. The number of anilines is 1. The Morgan fingerprint density at radius 1 is 1.15 bits per heavy atom. The number of nitrogens with zero attached hydrogens (tertiary/aromatic N) is 3. The normalized spacial score (nSPS) is 14.8. The van der Waals surface area contributed by atoms with Crippen molar-refractivity contribution in [2.24, 2.45) is 5.41 Å². The number of carbonyl (C=O) groups excluding carboxylic acids is 1. The second kappa shape index (κ2) is 8.76. The summed E-state index contributed by atoms with van der Waals surface area (Å²) in [7, 11) is 8.04. The molecule has 33 heavy (non-hydrogen) atoms. The number of rotatable bonds is 8. The van der Waals surface area contributed by atoms with Crippen molar-refractivity contribution in [3.05, 3.63) is 53.6 Å². The molecule has 0 saturated carbocycles. The molecule has 8 heteroatoms. The average molecular weight is 469 g/mol. The SMILES string of the molecule is CN(C(=O)C1(CC(=O)O)Cc2ccccc2C1)c1nc2cc(OCC[N+](C)(C)C)ccc2s1. The number of benzene rings is 2. The van der Waals surface area contributed by atoms with Gasteiger partial charge in [-0.25, -0.2) is 4.98 Å². The van der Waals surface area contributed by atoms with Crippen molar-refractivity contribution in [3.63, 3.8) is 0 Å². The first-order valence-electron chi connectivity index (χ1n) is 11.0. The molecule has 1 aliphatic rings. The summed E-state index contributed by atoms with van der Waals surface area (Å²) in [5.41, 5.74) is 1.85. The van der Waals surface area contributed by atoms with Crippen LogP contribution in [0, 0.1) is 5.41 Å². The van der Waals surface area contributed by atoms with Crippen molar-refractivity contribution in [1.29, 1.82) is 0 Å². The van der Waals surface area contributed by atoms with Crippen LogP contribution in [0.25, 0.3) is 10.2 Å². The standard InChI is InChI=1S/C25H29N3O4S/c1-27(23(31)25(16-22(29)30)14-17-7-5-6-8-18(17)15-25)24-26-20-13-19(9-10-21(20)33-24)32-12-11-28(2,3)4/h5-10,13H,11-12,14-16H2,1-4H3/p+1. The largest absolute Gasteiger partial charge is 0.488 e. The molecule has 2 aromatic carbocycles. The van der Waals surface area contributed by atoms with E-state index in [-0.39, 0.29) is 12.3 Å². The van der Waals surface area contributed by atoms with Gasteiger partial charge in [0.05, 0.1) is 43.2 Å². The topological polar surface area (TPSA) is 79.7 Å². The second-order valence-corrected chi connectivity index (χ2v) is 10.8. The average Bonchev–Trinajstić information content (AvgIpc) is 3.32. The van der Waals surface area contributed by atoms with Gasteiger partial charge in [0.15, 0.2) is 5.13 Å². The Hall–Kier alpha value is -2.97. The van der Waals surface area contributed by atoms with Crippen molar-refractivity contribution in [2.75, 3.05) is 46.2 Å². The summed E-state index contributed by atoms with van der Waals surface area (Å²) in [4.78, 5) is 31.6. The lowest BCUT2D eigenvalue weighted by molar-refractivity contribution is -0.870. The van der Waals surface area contributed by atoms with Crippen LogP contribution < -0.4 is 9.64 Å². The third-order valence-corrected chi connectivity index (χ3v) is 7.20. The molecule has 0 aliphatic heterocycles. The fourth-order valence-electron chi connectivity index (χ4n) is 4.34. The highest BCUT2D eigenvalue weighted by Gasteiger charge is 2.47. The predicted molar refractivity (Wildman–Crippen MR) is 130 cm³/mol. The summed E-state index contributed by atoms with van der Waals surface area (Å²) in [5.74, 6) is -0.431. The van der Waals surface area contributed by atoms with Gasteiger partial charge in [0.1, 0.15) is 18.9 Å². The third kappa shape index (κ3) is 5.02. The highest BCUT2D eigenvalue weighted by atomic mass is 32.1. The zero-order chi connectivity index (χ0) is 23.8. The number of hydrogen-bond donors (Lipinski definition) is 1. The Kier molecular flexibility index (Phi) is 6.16. The Bertz CT molecular complexity index is 1170. The first kappa shape index (κ1) is 23.2. The van der Waals surface area contributed by atoms with Gasteiger partial charge in [0.2, 0.25) is 5.91 Å². The van der Waals surface area contributed by atoms with E-state index in [1.54, 1.807) is 7.05 Å². The number of carboxylic acid groups (broad SMARTS) is 1. The molecule has 1 aliphatic carbocycles. The van der Waals surface area contributed by atoms with E-state index >= 15 is 0 Å². The van der Waals surface area contributed by atoms with Crippen LogP contribution in [-0.4, -0.2) is 67.8 Å². The summed E-state index contributed by atoms with van der Waals surface area (Å²) >= 11 is 1.42. The number of ether oxygens (including phenoxy) is 1. The number of aromatic nitrogens is 1. The molecule has 0 radical (unpaired) electrons. The van der Waals surface area contributed by atoms with Crippen molar-refractivity contribution < 1.29 is 23.9 Å². The molecule has 7 nitrogen and oxygen atoms in total. The molecular weight excluding hydrogens is 438 g/mol. The minimum absolute atomic E-state index is 0.208. The van der Waals surface area contributed by atoms with Gasteiger partial charge in [-0.15, -0.1) is 0 Å². The first-order valence-corrected chi connectivity index (χ1v) is 11.8. The predicted octanol–water partition coefficient (Wildman–Crippen LogP) is 3.60. The van der Waals surface area contributed by atoms with Crippen LogP contribution in [0.15, 0.2) is 42.5 Å². The summed E-state index contributed by atoms with van der Waals surface area (Å²) < 4.78 is 7.65. The molecule has 0 saturated heterocycles. The smallest absolute Gasteiger partial charge is 0.304 e. The molecule has 3 aromatic rings. The van der Waals surface area contributed by atoms with E-state index < -0.39 is 11.4 Å². The Labute approximate surface area is 197 Å². The van der Waals surface area contributed by atoms with E-state index in [1.165, 1.54) is 16.2 Å². The number of fused-ring (bicyclic) bond motifs is 2. The number of carboxylic acids is 1. The van der Waals surface area contributed by atoms with Crippen LogP contribution in [0.2, 0.25) is 0 Å². The quantitative estimate of drug-likeness (QED) is 0.511. The molecule has 0 unspecified atom stereocenters. The third-order valence-electron chi connectivity index (χ3n) is 6.09. The zero-order valence-corrected chi connectivity index (χ0v) is 20.3. The molecule has 0 atom stereocenters. The van der Waals surface area contributed by atoms with Crippen LogP contribution in [-0.2, 0) is 22.4 Å². The molecular formula is C25H30N3O4S+. The molecule has 0 fully saturated rings. The van der Waals surface area contributed by atoms with Crippen LogP contribution >= 0.6 is 11.3 Å². The number of thiazole rings is 1. The minimum Gasteiger partial charge on any atom is -0.488 e. The van der Waals surface area contributed by atoms with Crippen molar-refractivity contribution in [3.8, 4) is 5.75 Å². The van der Waals surface area contributed by atoms with Crippen LogP contribution in [0.1, 0.15) is 17.5 Å². The molecule has 4 rings (SSSR count). The van der Waals surface area contributed by atoms with Gasteiger partial charge in [-0.05, 0) is 36.1 Å². The number of aliphatic carboxylic acids is 1. The lowest BCUT2D eigenvalue weighted by atomic mass is 9.80. The van der Waals surface area contributed by atoms with Gasteiger partial charge in [-0.2, -0.15) is 0 Å². The van der Waals surface area contributed by atoms with Gasteiger partial charge in [0.25, 0.3) is 0 Å². The van der Waals surface area contributed by atoms with Crippen molar-refractivity contribution in [1.82, 2.24) is 4.98 Å². The lowest BCUT2D eigenvalue weighted by Gasteiger charge is -2.30. The molecule has 1 amide bonds. The molecule has 174 valence electrons. The van der Waals surface area contributed by atoms with Crippen LogP contribution in [0.3, 0.4) is 0 Å². The minimum atomic E-state index is -0.998. The maximum Gasteiger partial charge on any atom is 0.304 e. The molecule has 1 heterocycles.